The van der Waals surface area contributed by atoms with Gasteiger partial charge in [0.15, 0.2) is 0 Å². The van der Waals surface area contributed by atoms with Gasteiger partial charge in [0.05, 0.1) is 6.42 Å². The summed E-state index contributed by atoms with van der Waals surface area (Å²) in [6.07, 6.45) is 3.67. The predicted octanol–water partition coefficient (Wildman–Crippen LogP) is 5.14. The number of ether oxygens (including phenoxy) is 1. The Bertz CT molecular complexity index is 1300. The predicted molar refractivity (Wildman–Crippen MR) is 138 cm³/mol. The number of nitrogens with zero attached hydrogens (tertiary/aromatic N) is 1. The summed E-state index contributed by atoms with van der Waals surface area (Å²) in [5.41, 5.74) is 2.46. The highest BCUT2D eigenvalue weighted by molar-refractivity contribution is 5.97. The topological polar surface area (TPSA) is 80.3 Å². The first-order chi connectivity index (χ1) is 17.0. The fraction of sp³-hybridized carbons (Fsp3) is 0.207. The molecule has 1 heterocycles. The number of hydrogen-bond donors (Lipinski definition) is 2. The number of carbonyl (C=O) groups is 2. The molecule has 1 aromatic heterocycles. The Morgan fingerprint density at radius 2 is 1.71 bits per heavy atom. The van der Waals surface area contributed by atoms with E-state index >= 15 is 0 Å². The molecule has 0 spiro atoms. The first kappa shape index (κ1) is 24.0. The number of hydrogen-bond acceptors (Lipinski definition) is 4. The number of pyridine rings is 1. The minimum Gasteiger partial charge on any atom is -0.489 e. The molecule has 0 radical (unpaired) electrons. The van der Waals surface area contributed by atoms with Gasteiger partial charge in [0.25, 0.3) is 0 Å². The lowest BCUT2D eigenvalue weighted by Crippen LogP contribution is -2.47. The lowest BCUT2D eigenvalue weighted by atomic mass is 10.0. The van der Waals surface area contributed by atoms with Gasteiger partial charge in [-0.25, -0.2) is 0 Å². The normalized spacial score (nSPS) is 11.7. The number of amides is 2. The van der Waals surface area contributed by atoms with Crippen molar-refractivity contribution in [1.29, 1.82) is 0 Å². The fourth-order valence-corrected chi connectivity index (χ4v) is 3.83. The molecule has 2 N–H and O–H groups in total. The van der Waals surface area contributed by atoms with Crippen molar-refractivity contribution in [3.8, 4) is 5.75 Å². The summed E-state index contributed by atoms with van der Waals surface area (Å²) in [7, 11) is 0. The number of fused-ring (bicyclic) bond motifs is 1. The summed E-state index contributed by atoms with van der Waals surface area (Å²) in [5.74, 6) is 0.0904. The van der Waals surface area contributed by atoms with E-state index in [1.54, 1.807) is 24.5 Å². The third kappa shape index (κ3) is 6.67. The van der Waals surface area contributed by atoms with Crippen LogP contribution in [0.5, 0.6) is 5.75 Å². The number of rotatable bonds is 9. The Morgan fingerprint density at radius 3 is 2.49 bits per heavy atom. The van der Waals surface area contributed by atoms with Crippen LogP contribution in [0, 0.1) is 5.92 Å². The van der Waals surface area contributed by atoms with Crippen LogP contribution < -0.4 is 15.4 Å². The molecule has 2 amide bonds. The first-order valence-electron chi connectivity index (χ1n) is 11.7. The van der Waals surface area contributed by atoms with Crippen molar-refractivity contribution in [2.24, 2.45) is 5.92 Å². The Morgan fingerprint density at radius 1 is 0.886 bits per heavy atom. The van der Waals surface area contributed by atoms with Crippen molar-refractivity contribution in [1.82, 2.24) is 10.3 Å². The molecule has 0 saturated heterocycles. The minimum atomic E-state index is -0.664. The maximum atomic E-state index is 13.0. The average molecular weight is 468 g/mol. The third-order valence-electron chi connectivity index (χ3n) is 5.67. The number of aromatic nitrogens is 1. The summed E-state index contributed by atoms with van der Waals surface area (Å²) in [4.78, 5) is 29.9. The van der Waals surface area contributed by atoms with Crippen LogP contribution in [0.1, 0.15) is 25.0 Å². The van der Waals surface area contributed by atoms with Crippen molar-refractivity contribution in [2.75, 3.05) is 5.32 Å². The van der Waals surface area contributed by atoms with Crippen molar-refractivity contribution >= 4 is 28.3 Å². The van der Waals surface area contributed by atoms with Crippen molar-refractivity contribution in [2.45, 2.75) is 32.9 Å². The summed E-state index contributed by atoms with van der Waals surface area (Å²) in [6, 6.07) is 24.3. The molecule has 4 aromatic rings. The molecular formula is C29H29N3O3. The summed E-state index contributed by atoms with van der Waals surface area (Å²) < 4.78 is 5.82. The molecule has 4 rings (SSSR count). The zero-order chi connectivity index (χ0) is 24.6. The molecule has 6 heteroatoms. The van der Waals surface area contributed by atoms with Gasteiger partial charge in [-0.15, -0.1) is 0 Å². The van der Waals surface area contributed by atoms with E-state index in [-0.39, 0.29) is 24.2 Å². The highest BCUT2D eigenvalue weighted by Crippen LogP contribution is 2.20. The second-order valence-electron chi connectivity index (χ2n) is 8.81. The molecule has 3 aromatic carbocycles. The van der Waals surface area contributed by atoms with Crippen LogP contribution >= 0.6 is 0 Å². The number of carbonyl (C=O) groups excluding carboxylic acids is 2. The number of benzene rings is 3. The largest absolute Gasteiger partial charge is 0.489 e. The van der Waals surface area contributed by atoms with Crippen LogP contribution in [0.2, 0.25) is 0 Å². The standard InChI is InChI=1S/C29H29N3O3/c1-20(2)28(32-27(33)16-21-12-13-23-8-3-4-9-24(23)15-21)29(34)31-25-10-5-11-26(17-25)35-19-22-7-6-14-30-18-22/h3-15,17-18,20,28H,16,19H2,1-2H3,(H,31,34)(H,32,33). The SMILES string of the molecule is CC(C)C(NC(=O)Cc1ccc2ccccc2c1)C(=O)Nc1cccc(OCc2cccnc2)c1. The highest BCUT2D eigenvalue weighted by atomic mass is 16.5. The Kier molecular flexibility index (Phi) is 7.73. The quantitative estimate of drug-likeness (QED) is 0.357. The zero-order valence-electron chi connectivity index (χ0n) is 19.9. The van der Waals surface area contributed by atoms with Crippen LogP contribution in [-0.4, -0.2) is 22.8 Å². The van der Waals surface area contributed by atoms with Gasteiger partial charge in [-0.05, 0) is 40.5 Å². The Hall–Kier alpha value is -4.19. The monoisotopic (exact) mass is 467 g/mol. The van der Waals surface area contributed by atoms with Crippen LogP contribution in [0.4, 0.5) is 5.69 Å². The lowest BCUT2D eigenvalue weighted by Gasteiger charge is -2.22. The maximum Gasteiger partial charge on any atom is 0.247 e. The number of anilines is 1. The van der Waals surface area contributed by atoms with Gasteiger partial charge in [-0.3, -0.25) is 14.6 Å². The van der Waals surface area contributed by atoms with E-state index in [0.29, 0.717) is 18.0 Å². The van der Waals surface area contributed by atoms with Gasteiger partial charge < -0.3 is 15.4 Å². The van der Waals surface area contributed by atoms with Crippen molar-refractivity contribution < 1.29 is 14.3 Å². The zero-order valence-corrected chi connectivity index (χ0v) is 19.9. The van der Waals surface area contributed by atoms with E-state index in [4.69, 9.17) is 4.74 Å². The van der Waals surface area contributed by atoms with E-state index in [9.17, 15) is 9.59 Å². The van der Waals surface area contributed by atoms with Crippen LogP contribution in [0.25, 0.3) is 10.8 Å². The molecule has 0 aliphatic rings. The minimum absolute atomic E-state index is 0.0828. The Labute approximate surface area is 205 Å². The summed E-state index contributed by atoms with van der Waals surface area (Å²) in [6.45, 7) is 4.20. The van der Waals surface area contributed by atoms with Gasteiger partial charge >= 0.3 is 0 Å². The van der Waals surface area contributed by atoms with E-state index in [0.717, 1.165) is 21.9 Å². The molecule has 0 saturated carbocycles. The molecule has 35 heavy (non-hydrogen) atoms. The van der Waals surface area contributed by atoms with Crippen LogP contribution in [-0.2, 0) is 22.6 Å². The van der Waals surface area contributed by atoms with Gasteiger partial charge in [-0.2, -0.15) is 0 Å². The van der Waals surface area contributed by atoms with Crippen LogP contribution in [0.3, 0.4) is 0 Å². The molecule has 0 aliphatic carbocycles. The van der Waals surface area contributed by atoms with Gasteiger partial charge in [-0.1, -0.05) is 68.4 Å². The second-order valence-corrected chi connectivity index (χ2v) is 8.81. The third-order valence-corrected chi connectivity index (χ3v) is 5.67. The van der Waals surface area contributed by atoms with Crippen molar-refractivity contribution in [3.63, 3.8) is 0 Å². The summed E-state index contributed by atoms with van der Waals surface area (Å²) in [5, 5.41) is 8.03. The smallest absolute Gasteiger partial charge is 0.247 e. The molecular weight excluding hydrogens is 438 g/mol. The van der Waals surface area contributed by atoms with E-state index < -0.39 is 6.04 Å². The lowest BCUT2D eigenvalue weighted by molar-refractivity contribution is -0.127. The van der Waals surface area contributed by atoms with Gasteiger partial charge in [0.1, 0.15) is 18.4 Å². The van der Waals surface area contributed by atoms with Gasteiger partial charge in [0, 0.05) is 29.7 Å². The first-order valence-corrected chi connectivity index (χ1v) is 11.7. The fourth-order valence-electron chi connectivity index (χ4n) is 3.83. The van der Waals surface area contributed by atoms with E-state index in [1.807, 2.05) is 80.6 Å². The molecule has 0 bridgehead atoms. The summed E-state index contributed by atoms with van der Waals surface area (Å²) >= 11 is 0. The molecule has 1 atom stereocenters. The van der Waals surface area contributed by atoms with Gasteiger partial charge in [0.2, 0.25) is 11.8 Å². The van der Waals surface area contributed by atoms with E-state index in [1.165, 1.54) is 0 Å². The molecule has 1 unspecified atom stereocenters. The van der Waals surface area contributed by atoms with Crippen LogP contribution in [0.15, 0.2) is 91.3 Å². The average Bonchev–Trinajstić information content (AvgIpc) is 2.86. The van der Waals surface area contributed by atoms with E-state index in [2.05, 4.69) is 15.6 Å². The second kappa shape index (κ2) is 11.3. The van der Waals surface area contributed by atoms with Crippen molar-refractivity contribution in [3.05, 3.63) is 102 Å². The highest BCUT2D eigenvalue weighted by Gasteiger charge is 2.24. The molecule has 0 fully saturated rings. The Balaban J connectivity index is 1.36. The number of nitrogens with one attached hydrogen (secondary N) is 2. The molecule has 0 aliphatic heterocycles. The maximum absolute atomic E-state index is 13.0. The molecule has 6 nitrogen and oxygen atoms in total. The molecule has 178 valence electrons.